The zero-order chi connectivity index (χ0) is 51.0. The molecule has 378 valence electrons. The number of aryl methyl sites for hydroxylation is 1. The Balaban J connectivity index is 1.44. The third kappa shape index (κ3) is 16.6. The summed E-state index contributed by atoms with van der Waals surface area (Å²) in [5.41, 5.74) is 7.97. The van der Waals surface area contributed by atoms with Gasteiger partial charge in [0.15, 0.2) is 0 Å². The van der Waals surface area contributed by atoms with Crippen molar-refractivity contribution in [3.05, 3.63) is 70.4 Å². The van der Waals surface area contributed by atoms with Gasteiger partial charge in [-0.05, 0) is 63.5 Å². The molecule has 3 aromatic rings. The predicted molar refractivity (Wildman–Crippen MR) is 247 cm³/mol. The van der Waals surface area contributed by atoms with E-state index in [1.807, 2.05) is 30.5 Å². The second-order valence-corrected chi connectivity index (χ2v) is 18.2. The number of aliphatic hydroxyl groups excluding tert-OH is 1. The van der Waals surface area contributed by atoms with Gasteiger partial charge in [-0.1, -0.05) is 31.1 Å². The van der Waals surface area contributed by atoms with Crippen molar-refractivity contribution >= 4 is 55.2 Å². The van der Waals surface area contributed by atoms with Crippen molar-refractivity contribution in [2.24, 2.45) is 23.9 Å². The van der Waals surface area contributed by atoms with Crippen molar-refractivity contribution in [1.82, 2.24) is 40.3 Å². The number of carbonyl (C=O) groups is 6. The number of aromatic nitrogens is 3. The lowest BCUT2D eigenvalue weighted by molar-refractivity contribution is -0.384. The van der Waals surface area contributed by atoms with E-state index in [0.717, 1.165) is 12.6 Å². The fourth-order valence-corrected chi connectivity index (χ4v) is 8.26. The standard InChI is InChI=1S/C43H62N11O14P/c1-26(2)19-33(48-43(61)37-13-10-17-53(37)28(4)56)40(58)47-34(41(59)49-35(24-55)42(60)50-38(39(44)57)27(3)68-69(64,65)66)21-32-22-45-25-52(32)16-7-6-8-18-67-46-23-31-14-15-36(51(31)5)29-11-9-12-30(20-29)54(62)63/h9,11-12,14-15,20,22-23,25-27,33-35,37-38,55H,6-8,10,13,16-19,21,24H2,1-5H3,(H2,44,57)(H,47,58)(H,48,61)(H,49,59)(H,50,60)(H2,64,65,66)/b46-23+/t27-,33+,34+,35+,37+,38+/m1/s1. The summed E-state index contributed by atoms with van der Waals surface area (Å²) in [6, 6.07) is 2.97. The minimum Gasteiger partial charge on any atom is -0.396 e. The third-order valence-corrected chi connectivity index (χ3v) is 11.9. The minimum absolute atomic E-state index is 0.0188. The monoisotopic (exact) mass is 987 g/mol. The molecule has 6 amide bonds. The van der Waals surface area contributed by atoms with Gasteiger partial charge in [-0.15, -0.1) is 0 Å². The summed E-state index contributed by atoms with van der Waals surface area (Å²) in [7, 11) is -3.33. The van der Waals surface area contributed by atoms with Crippen LogP contribution in [0.3, 0.4) is 0 Å². The van der Waals surface area contributed by atoms with Crippen LogP contribution in [-0.2, 0) is 62.7 Å². The molecule has 4 rings (SSSR count). The molecule has 1 saturated heterocycles. The number of unbranched alkanes of at least 4 members (excludes halogenated alkanes) is 2. The molecule has 1 aromatic carbocycles. The summed E-state index contributed by atoms with van der Waals surface area (Å²) in [4.78, 5) is 120. The van der Waals surface area contributed by atoms with Crippen LogP contribution in [0.1, 0.15) is 77.6 Å². The number of aliphatic hydroxyl groups is 1. The number of hydrogen-bond acceptors (Lipinski definition) is 14. The Morgan fingerprint density at radius 2 is 1.70 bits per heavy atom. The Hall–Kier alpha value is -6.53. The number of nitro groups is 1. The van der Waals surface area contributed by atoms with Gasteiger partial charge >= 0.3 is 7.82 Å². The molecule has 0 radical (unpaired) electrons. The Morgan fingerprint density at radius 3 is 2.35 bits per heavy atom. The number of imidazole rings is 1. The van der Waals surface area contributed by atoms with E-state index < -0.39 is 85.2 Å². The van der Waals surface area contributed by atoms with Crippen LogP contribution in [0, 0.1) is 16.0 Å². The average molecular weight is 988 g/mol. The summed E-state index contributed by atoms with van der Waals surface area (Å²) in [6.45, 7) is 6.14. The van der Waals surface area contributed by atoms with E-state index in [4.69, 9.17) is 10.6 Å². The molecule has 1 aliphatic rings. The van der Waals surface area contributed by atoms with E-state index in [1.165, 1.54) is 36.5 Å². The zero-order valence-corrected chi connectivity index (χ0v) is 40.0. The van der Waals surface area contributed by atoms with Crippen molar-refractivity contribution < 1.29 is 62.5 Å². The second-order valence-electron chi connectivity index (χ2n) is 17.0. The van der Waals surface area contributed by atoms with Gasteiger partial charge in [-0.3, -0.25) is 43.4 Å². The molecule has 6 atom stereocenters. The lowest BCUT2D eigenvalue weighted by Gasteiger charge is -2.28. The zero-order valence-electron chi connectivity index (χ0n) is 39.1. The van der Waals surface area contributed by atoms with E-state index in [-0.39, 0.29) is 30.4 Å². The minimum atomic E-state index is -5.14. The summed E-state index contributed by atoms with van der Waals surface area (Å²) in [5.74, 6) is -5.10. The molecule has 1 aliphatic heterocycles. The molecule has 25 nitrogen and oxygen atoms in total. The molecule has 1 fully saturated rings. The van der Waals surface area contributed by atoms with Crippen LogP contribution >= 0.6 is 7.82 Å². The molecule has 0 saturated carbocycles. The number of nitrogens with zero attached hydrogens (tertiary/aromatic N) is 6. The van der Waals surface area contributed by atoms with Crippen LogP contribution in [-0.4, -0.2) is 137 Å². The first-order valence-electron chi connectivity index (χ1n) is 22.3. The maximum atomic E-state index is 14.1. The number of likely N-dealkylation sites (tertiary alicyclic amines) is 1. The highest BCUT2D eigenvalue weighted by molar-refractivity contribution is 7.46. The highest BCUT2D eigenvalue weighted by atomic mass is 31.2. The molecular formula is C43H62N11O14P. The van der Waals surface area contributed by atoms with Gasteiger partial charge < -0.3 is 60.8 Å². The number of nitro benzene ring substituents is 1. The number of amides is 6. The molecule has 2 aromatic heterocycles. The number of benzene rings is 1. The van der Waals surface area contributed by atoms with Crippen molar-refractivity contribution in [1.29, 1.82) is 0 Å². The Bertz CT molecular complexity index is 2370. The van der Waals surface area contributed by atoms with Crippen molar-refractivity contribution in [2.75, 3.05) is 19.8 Å². The van der Waals surface area contributed by atoms with Gasteiger partial charge in [0.1, 0.15) is 36.8 Å². The van der Waals surface area contributed by atoms with Gasteiger partial charge in [0, 0.05) is 68.8 Å². The average Bonchev–Trinajstić information content (AvgIpc) is 4.04. The van der Waals surface area contributed by atoms with Crippen LogP contribution in [0.5, 0.6) is 0 Å². The van der Waals surface area contributed by atoms with Gasteiger partial charge in [0.25, 0.3) is 5.69 Å². The van der Waals surface area contributed by atoms with Crippen molar-refractivity contribution in [2.45, 2.75) is 115 Å². The first-order valence-corrected chi connectivity index (χ1v) is 23.8. The normalized spacial score (nSPS) is 16.1. The van der Waals surface area contributed by atoms with Gasteiger partial charge in [-0.2, -0.15) is 0 Å². The molecule has 0 aliphatic carbocycles. The number of primary amides is 1. The second kappa shape index (κ2) is 25.7. The third-order valence-electron chi connectivity index (χ3n) is 11.2. The Kier molecular flexibility index (Phi) is 20.5. The van der Waals surface area contributed by atoms with E-state index in [0.29, 0.717) is 68.8 Å². The predicted octanol–water partition coefficient (Wildman–Crippen LogP) is 0.532. The van der Waals surface area contributed by atoms with Crippen molar-refractivity contribution in [3.63, 3.8) is 0 Å². The van der Waals surface area contributed by atoms with Gasteiger partial charge in [0.2, 0.25) is 35.4 Å². The van der Waals surface area contributed by atoms with E-state index in [1.54, 1.807) is 30.0 Å². The number of hydrogen-bond donors (Lipinski definition) is 8. The van der Waals surface area contributed by atoms with Crippen LogP contribution in [0.2, 0.25) is 0 Å². The number of non-ortho nitro benzene ring substituents is 1. The van der Waals surface area contributed by atoms with Crippen LogP contribution in [0.25, 0.3) is 11.3 Å². The van der Waals surface area contributed by atoms with Crippen LogP contribution < -0.4 is 27.0 Å². The van der Waals surface area contributed by atoms with E-state index >= 15 is 0 Å². The molecule has 0 bridgehead atoms. The molecule has 26 heteroatoms. The smallest absolute Gasteiger partial charge is 0.396 e. The lowest BCUT2D eigenvalue weighted by Crippen LogP contribution is -2.61. The first kappa shape index (κ1) is 55.1. The van der Waals surface area contributed by atoms with Gasteiger partial charge in [-0.25, -0.2) is 9.55 Å². The molecule has 0 unspecified atom stereocenters. The summed E-state index contributed by atoms with van der Waals surface area (Å²) >= 11 is 0. The number of oxime groups is 1. The maximum Gasteiger partial charge on any atom is 0.469 e. The van der Waals surface area contributed by atoms with Crippen LogP contribution in [0.4, 0.5) is 5.69 Å². The summed E-state index contributed by atoms with van der Waals surface area (Å²) in [5, 5.41) is 35.4. The summed E-state index contributed by atoms with van der Waals surface area (Å²) in [6.07, 6.45) is 5.79. The topological polar surface area (TPSA) is 354 Å². The maximum absolute atomic E-state index is 14.1. The fourth-order valence-electron chi connectivity index (χ4n) is 7.71. The SMILES string of the molecule is CC(=O)N1CCC[C@H]1C(=O)N[C@@H](CC(C)C)C(=O)N[C@@H](Cc1cncn1CCCCCO/N=C/c1ccc(-c2cccc([N+](=O)[O-])c2)n1C)C(=O)N[C@@H](CO)C(=O)N[C@H](C(N)=O)[C@@H](C)OP(=O)(O)O. The van der Waals surface area contributed by atoms with Gasteiger partial charge in [0.05, 0.1) is 35.9 Å². The number of rotatable bonds is 27. The van der Waals surface area contributed by atoms with Crippen molar-refractivity contribution in [3.8, 4) is 11.3 Å². The fraction of sp³-hybridized carbons (Fsp3) is 0.535. The largest absolute Gasteiger partial charge is 0.469 e. The Morgan fingerprint density at radius 1 is 1.00 bits per heavy atom. The van der Waals surface area contributed by atoms with Crippen LogP contribution in [0.15, 0.2) is 54.1 Å². The number of phosphoric ester groups is 1. The Labute approximate surface area is 397 Å². The van der Waals surface area contributed by atoms with E-state index in [2.05, 4.69) is 35.9 Å². The lowest BCUT2D eigenvalue weighted by atomic mass is 10.0. The molecule has 0 spiro atoms. The number of nitrogens with one attached hydrogen (secondary N) is 4. The highest BCUT2D eigenvalue weighted by Gasteiger charge is 2.37. The molecule has 69 heavy (non-hydrogen) atoms. The first-order chi connectivity index (χ1) is 32.6. The quantitative estimate of drug-likeness (QED) is 0.0170. The summed E-state index contributed by atoms with van der Waals surface area (Å²) < 4.78 is 19.5. The highest BCUT2D eigenvalue weighted by Crippen LogP contribution is 2.38. The number of nitrogens with two attached hydrogens (primary N) is 1. The molecule has 3 heterocycles. The molecular weight excluding hydrogens is 926 g/mol. The van der Waals surface area contributed by atoms with E-state index in [9.17, 15) is 58.3 Å². The number of carbonyl (C=O) groups excluding carboxylic acids is 6. The molecule has 9 N–H and O–H groups in total. The number of phosphoric acid groups is 1.